The van der Waals surface area contributed by atoms with Crippen LogP contribution in [0.15, 0.2) is 24.3 Å². The van der Waals surface area contributed by atoms with Crippen LogP contribution < -0.4 is 10.6 Å². The van der Waals surface area contributed by atoms with Crippen molar-refractivity contribution in [1.82, 2.24) is 30.8 Å². The molecule has 0 aliphatic rings. The van der Waals surface area contributed by atoms with Crippen LogP contribution in [-0.2, 0) is 4.79 Å². The first-order valence-corrected chi connectivity index (χ1v) is 8.01. The second-order valence-corrected chi connectivity index (χ2v) is 5.55. The molecule has 1 atom stereocenters. The van der Waals surface area contributed by atoms with Crippen molar-refractivity contribution in [3.8, 4) is 11.4 Å². The fourth-order valence-electron chi connectivity index (χ4n) is 2.12. The SMILES string of the molecule is CCC(C(=O)NCCCNC)n1nnc(-c2ccc(Cl)cc2)n1.Cl. The molecule has 1 aromatic heterocycles. The molecule has 9 heteroatoms. The Kier molecular flexibility index (Phi) is 8.67. The van der Waals surface area contributed by atoms with Gasteiger partial charge in [0, 0.05) is 17.1 Å². The molecule has 0 aliphatic heterocycles. The van der Waals surface area contributed by atoms with E-state index in [1.165, 1.54) is 4.80 Å². The Morgan fingerprint density at radius 2 is 2.00 bits per heavy atom. The second-order valence-electron chi connectivity index (χ2n) is 5.11. The van der Waals surface area contributed by atoms with Crippen LogP contribution >= 0.6 is 24.0 Å². The van der Waals surface area contributed by atoms with Gasteiger partial charge in [0.25, 0.3) is 0 Å². The lowest BCUT2D eigenvalue weighted by Crippen LogP contribution is -2.34. The molecule has 0 saturated heterocycles. The van der Waals surface area contributed by atoms with Gasteiger partial charge in [-0.1, -0.05) is 18.5 Å². The summed E-state index contributed by atoms with van der Waals surface area (Å²) in [6, 6.07) is 6.72. The summed E-state index contributed by atoms with van der Waals surface area (Å²) >= 11 is 5.87. The van der Waals surface area contributed by atoms with E-state index in [0.717, 1.165) is 18.5 Å². The van der Waals surface area contributed by atoms with Crippen LogP contribution in [0, 0.1) is 0 Å². The van der Waals surface area contributed by atoms with Gasteiger partial charge in [0.1, 0.15) is 0 Å². The van der Waals surface area contributed by atoms with Crippen molar-refractivity contribution in [1.29, 1.82) is 0 Å². The number of carbonyl (C=O) groups is 1. The van der Waals surface area contributed by atoms with E-state index in [1.54, 1.807) is 12.1 Å². The van der Waals surface area contributed by atoms with E-state index >= 15 is 0 Å². The Hall–Kier alpha value is -1.70. The normalized spacial score (nSPS) is 11.6. The maximum atomic E-state index is 12.3. The molecule has 2 rings (SSSR count). The number of hydrogen-bond acceptors (Lipinski definition) is 5. The van der Waals surface area contributed by atoms with Gasteiger partial charge in [0.05, 0.1) is 0 Å². The predicted octanol–water partition coefficient (Wildman–Crippen LogP) is 2.09. The number of amides is 1. The minimum absolute atomic E-state index is 0. The molecule has 1 heterocycles. The van der Waals surface area contributed by atoms with Crippen LogP contribution in [0.1, 0.15) is 25.8 Å². The zero-order valence-corrected chi connectivity index (χ0v) is 15.3. The largest absolute Gasteiger partial charge is 0.354 e. The fourth-order valence-corrected chi connectivity index (χ4v) is 2.25. The van der Waals surface area contributed by atoms with E-state index in [-0.39, 0.29) is 18.3 Å². The number of benzene rings is 1. The summed E-state index contributed by atoms with van der Waals surface area (Å²) in [4.78, 5) is 13.6. The number of carbonyl (C=O) groups excluding carboxylic acids is 1. The molecular formula is C15H22Cl2N6O. The Morgan fingerprint density at radius 1 is 1.29 bits per heavy atom. The first kappa shape index (κ1) is 20.3. The summed E-state index contributed by atoms with van der Waals surface area (Å²) in [6.45, 7) is 3.40. The summed E-state index contributed by atoms with van der Waals surface area (Å²) in [5.41, 5.74) is 0.810. The van der Waals surface area contributed by atoms with Crippen molar-refractivity contribution >= 4 is 29.9 Å². The monoisotopic (exact) mass is 372 g/mol. The molecular weight excluding hydrogens is 351 g/mol. The summed E-state index contributed by atoms with van der Waals surface area (Å²) in [5, 5.41) is 19.0. The Bertz CT molecular complexity index is 631. The third kappa shape index (κ3) is 5.43. The van der Waals surface area contributed by atoms with Gasteiger partial charge in [-0.3, -0.25) is 4.79 Å². The zero-order chi connectivity index (χ0) is 16.7. The first-order valence-electron chi connectivity index (χ1n) is 7.63. The lowest BCUT2D eigenvalue weighted by atomic mass is 10.2. The molecule has 0 bridgehead atoms. The molecule has 2 aromatic rings. The van der Waals surface area contributed by atoms with E-state index in [9.17, 15) is 4.79 Å². The zero-order valence-electron chi connectivity index (χ0n) is 13.7. The summed E-state index contributed by atoms with van der Waals surface area (Å²) in [7, 11) is 1.88. The van der Waals surface area contributed by atoms with E-state index in [1.807, 2.05) is 26.1 Å². The topological polar surface area (TPSA) is 84.7 Å². The van der Waals surface area contributed by atoms with Crippen molar-refractivity contribution < 1.29 is 4.79 Å². The van der Waals surface area contributed by atoms with Crippen molar-refractivity contribution in [2.75, 3.05) is 20.1 Å². The van der Waals surface area contributed by atoms with Crippen LogP contribution in [0.2, 0.25) is 5.02 Å². The average molecular weight is 373 g/mol. The lowest BCUT2D eigenvalue weighted by molar-refractivity contribution is -0.125. The number of hydrogen-bond donors (Lipinski definition) is 2. The molecule has 1 amide bonds. The molecule has 0 radical (unpaired) electrons. The molecule has 0 aliphatic carbocycles. The van der Waals surface area contributed by atoms with Gasteiger partial charge >= 0.3 is 0 Å². The second kappa shape index (κ2) is 10.2. The van der Waals surface area contributed by atoms with Crippen LogP contribution in [-0.4, -0.2) is 46.3 Å². The maximum Gasteiger partial charge on any atom is 0.246 e. The van der Waals surface area contributed by atoms with Gasteiger partial charge in [0.2, 0.25) is 11.7 Å². The van der Waals surface area contributed by atoms with Crippen LogP contribution in [0.4, 0.5) is 0 Å². The van der Waals surface area contributed by atoms with E-state index in [2.05, 4.69) is 26.0 Å². The van der Waals surface area contributed by atoms with Crippen molar-refractivity contribution in [2.24, 2.45) is 0 Å². The summed E-state index contributed by atoms with van der Waals surface area (Å²) in [5.74, 6) is 0.381. The molecule has 1 aromatic carbocycles. The molecule has 7 nitrogen and oxygen atoms in total. The van der Waals surface area contributed by atoms with Gasteiger partial charge in [-0.15, -0.1) is 22.6 Å². The Labute approximate surface area is 152 Å². The van der Waals surface area contributed by atoms with E-state index < -0.39 is 6.04 Å². The van der Waals surface area contributed by atoms with Crippen molar-refractivity contribution in [2.45, 2.75) is 25.8 Å². The average Bonchev–Trinajstić information content (AvgIpc) is 3.02. The number of tetrazole rings is 1. The standard InChI is InChI=1S/C15H21ClN6O.ClH/c1-3-13(15(23)18-10-4-9-17-2)22-20-14(19-21-22)11-5-7-12(16)8-6-11;/h5-8,13,17H,3-4,9-10H2,1-2H3,(H,18,23);1H. The highest BCUT2D eigenvalue weighted by molar-refractivity contribution is 6.30. The quantitative estimate of drug-likeness (QED) is 0.693. The van der Waals surface area contributed by atoms with Crippen molar-refractivity contribution in [3.63, 3.8) is 0 Å². The highest BCUT2D eigenvalue weighted by Gasteiger charge is 2.21. The fraction of sp³-hybridized carbons (Fsp3) is 0.467. The smallest absolute Gasteiger partial charge is 0.246 e. The third-order valence-electron chi connectivity index (χ3n) is 3.40. The Morgan fingerprint density at radius 3 is 2.62 bits per heavy atom. The number of nitrogens with zero attached hydrogens (tertiary/aromatic N) is 4. The van der Waals surface area contributed by atoms with E-state index in [0.29, 0.717) is 23.8 Å². The van der Waals surface area contributed by atoms with Crippen LogP contribution in [0.25, 0.3) is 11.4 Å². The minimum Gasteiger partial charge on any atom is -0.354 e. The van der Waals surface area contributed by atoms with Gasteiger partial charge < -0.3 is 10.6 Å². The molecule has 0 saturated carbocycles. The number of nitrogens with one attached hydrogen (secondary N) is 2. The molecule has 132 valence electrons. The van der Waals surface area contributed by atoms with Gasteiger partial charge in [0.15, 0.2) is 6.04 Å². The summed E-state index contributed by atoms with van der Waals surface area (Å²) in [6.07, 6.45) is 1.47. The number of rotatable bonds is 8. The summed E-state index contributed by atoms with van der Waals surface area (Å²) < 4.78 is 0. The minimum atomic E-state index is -0.460. The highest BCUT2D eigenvalue weighted by Crippen LogP contribution is 2.18. The van der Waals surface area contributed by atoms with Gasteiger partial charge in [-0.2, -0.15) is 4.80 Å². The van der Waals surface area contributed by atoms with Gasteiger partial charge in [-0.25, -0.2) is 0 Å². The maximum absolute atomic E-state index is 12.3. The molecule has 1 unspecified atom stereocenters. The number of halogens is 2. The van der Waals surface area contributed by atoms with Crippen molar-refractivity contribution in [3.05, 3.63) is 29.3 Å². The highest BCUT2D eigenvalue weighted by atomic mass is 35.5. The molecule has 2 N–H and O–H groups in total. The predicted molar refractivity (Wildman–Crippen MR) is 96.4 cm³/mol. The lowest BCUT2D eigenvalue weighted by Gasteiger charge is -2.13. The van der Waals surface area contributed by atoms with Crippen LogP contribution in [0.3, 0.4) is 0 Å². The number of aromatic nitrogens is 4. The molecule has 0 fully saturated rings. The molecule has 0 spiro atoms. The van der Waals surface area contributed by atoms with Gasteiger partial charge in [-0.05, 0) is 55.9 Å². The first-order chi connectivity index (χ1) is 11.2. The third-order valence-corrected chi connectivity index (χ3v) is 3.65. The van der Waals surface area contributed by atoms with E-state index in [4.69, 9.17) is 11.6 Å². The van der Waals surface area contributed by atoms with Crippen LogP contribution in [0.5, 0.6) is 0 Å². The molecule has 24 heavy (non-hydrogen) atoms. The Balaban J connectivity index is 0.00000288.